The lowest BCUT2D eigenvalue weighted by molar-refractivity contribution is 0.111. The summed E-state index contributed by atoms with van der Waals surface area (Å²) in [6, 6.07) is 13.5. The van der Waals surface area contributed by atoms with Gasteiger partial charge in [0.05, 0.1) is 5.56 Å². The van der Waals surface area contributed by atoms with E-state index in [9.17, 15) is 4.79 Å². The molecule has 18 heavy (non-hydrogen) atoms. The van der Waals surface area contributed by atoms with Crippen LogP contribution in [0.1, 0.15) is 15.9 Å². The summed E-state index contributed by atoms with van der Waals surface area (Å²) in [7, 11) is 0. The molecule has 0 bridgehead atoms. The summed E-state index contributed by atoms with van der Waals surface area (Å²) in [5.41, 5.74) is 1.63. The Morgan fingerprint density at radius 2 is 1.94 bits per heavy atom. The fourth-order valence-electron chi connectivity index (χ4n) is 1.50. The first-order valence-electron chi connectivity index (χ1n) is 5.31. The van der Waals surface area contributed by atoms with Gasteiger partial charge in [-0.1, -0.05) is 30.3 Å². The van der Waals surface area contributed by atoms with E-state index in [1.54, 1.807) is 6.07 Å². The van der Waals surface area contributed by atoms with Crippen molar-refractivity contribution in [1.29, 1.82) is 0 Å². The molecule has 0 aliphatic heterocycles. The number of carbonyl (C=O) groups excluding carboxylic acids is 1. The van der Waals surface area contributed by atoms with Gasteiger partial charge in [0.1, 0.15) is 12.4 Å². The monoisotopic (exact) mass is 416 g/mol. The van der Waals surface area contributed by atoms with Crippen LogP contribution in [-0.4, -0.2) is 6.29 Å². The molecular weight excluding hydrogens is 407 g/mol. The van der Waals surface area contributed by atoms with Crippen LogP contribution in [0.25, 0.3) is 0 Å². The van der Waals surface area contributed by atoms with Gasteiger partial charge >= 0.3 is 0 Å². The molecule has 0 saturated heterocycles. The molecule has 0 N–H and O–H groups in total. The van der Waals surface area contributed by atoms with Crippen LogP contribution in [0, 0.1) is 3.57 Å². The Morgan fingerprint density at radius 1 is 1.22 bits per heavy atom. The molecule has 2 aromatic rings. The van der Waals surface area contributed by atoms with Gasteiger partial charge in [-0.05, 0) is 56.2 Å². The van der Waals surface area contributed by atoms with Gasteiger partial charge in [0, 0.05) is 8.04 Å². The van der Waals surface area contributed by atoms with Gasteiger partial charge in [0.2, 0.25) is 0 Å². The second-order valence-corrected chi connectivity index (χ2v) is 5.71. The van der Waals surface area contributed by atoms with Gasteiger partial charge < -0.3 is 4.74 Å². The summed E-state index contributed by atoms with van der Waals surface area (Å²) in [6.45, 7) is 0.458. The van der Waals surface area contributed by atoms with Crippen LogP contribution >= 0.6 is 38.5 Å². The minimum atomic E-state index is 0.458. The Bertz CT molecular complexity index is 555. The van der Waals surface area contributed by atoms with Crippen molar-refractivity contribution in [3.05, 3.63) is 61.6 Å². The van der Waals surface area contributed by atoms with Crippen LogP contribution in [0.2, 0.25) is 0 Å². The highest BCUT2D eigenvalue weighted by Gasteiger charge is 2.07. The van der Waals surface area contributed by atoms with Crippen molar-refractivity contribution in [2.75, 3.05) is 0 Å². The van der Waals surface area contributed by atoms with Crippen molar-refractivity contribution < 1.29 is 9.53 Å². The molecule has 0 amide bonds. The largest absolute Gasteiger partial charge is 0.488 e. The molecule has 0 spiro atoms. The van der Waals surface area contributed by atoms with Crippen LogP contribution in [-0.2, 0) is 6.61 Å². The molecular formula is C14H10BrIO2. The Balaban J connectivity index is 2.19. The summed E-state index contributed by atoms with van der Waals surface area (Å²) in [4.78, 5) is 11.0. The van der Waals surface area contributed by atoms with E-state index < -0.39 is 0 Å². The first kappa shape index (κ1) is 13.5. The van der Waals surface area contributed by atoms with E-state index in [0.717, 1.165) is 19.9 Å². The topological polar surface area (TPSA) is 26.3 Å². The number of benzene rings is 2. The maximum Gasteiger partial charge on any atom is 0.153 e. The number of hydrogen-bond acceptors (Lipinski definition) is 2. The van der Waals surface area contributed by atoms with Crippen molar-refractivity contribution in [2.45, 2.75) is 6.61 Å². The van der Waals surface area contributed by atoms with Gasteiger partial charge in [-0.25, -0.2) is 0 Å². The van der Waals surface area contributed by atoms with Crippen LogP contribution in [0.15, 0.2) is 46.9 Å². The molecule has 0 heterocycles. The van der Waals surface area contributed by atoms with Crippen LogP contribution in [0.4, 0.5) is 0 Å². The average Bonchev–Trinajstić information content (AvgIpc) is 2.41. The molecule has 4 heteroatoms. The highest BCUT2D eigenvalue weighted by Crippen LogP contribution is 2.28. The first-order chi connectivity index (χ1) is 8.70. The molecule has 0 aliphatic rings. The zero-order valence-corrected chi connectivity index (χ0v) is 13.1. The van der Waals surface area contributed by atoms with E-state index in [4.69, 9.17) is 4.74 Å². The fourth-order valence-corrected chi connectivity index (χ4v) is 2.30. The van der Waals surface area contributed by atoms with Crippen LogP contribution < -0.4 is 4.74 Å². The SMILES string of the molecule is O=Cc1cc(Br)c(I)cc1OCc1ccccc1. The highest BCUT2D eigenvalue weighted by atomic mass is 127. The number of rotatable bonds is 4. The summed E-state index contributed by atoms with van der Waals surface area (Å²) in [5, 5.41) is 0. The first-order valence-corrected chi connectivity index (χ1v) is 7.19. The molecule has 0 saturated carbocycles. The number of ether oxygens (including phenoxy) is 1. The summed E-state index contributed by atoms with van der Waals surface area (Å²) >= 11 is 5.59. The Morgan fingerprint density at radius 3 is 2.61 bits per heavy atom. The summed E-state index contributed by atoms with van der Waals surface area (Å²) < 4.78 is 7.61. The van der Waals surface area contributed by atoms with Gasteiger partial charge in [-0.15, -0.1) is 0 Å². The third-order valence-corrected chi connectivity index (χ3v) is 4.71. The third kappa shape index (κ3) is 3.32. The highest BCUT2D eigenvalue weighted by molar-refractivity contribution is 14.1. The lowest BCUT2D eigenvalue weighted by Crippen LogP contribution is -1.99. The van der Waals surface area contributed by atoms with Crippen molar-refractivity contribution >= 4 is 44.8 Å². The van der Waals surface area contributed by atoms with Gasteiger partial charge in [-0.3, -0.25) is 4.79 Å². The van der Waals surface area contributed by atoms with Gasteiger partial charge in [-0.2, -0.15) is 0 Å². The Hall–Kier alpha value is -0.880. The maximum atomic E-state index is 11.0. The molecule has 0 aliphatic carbocycles. The molecule has 2 rings (SSSR count). The zero-order chi connectivity index (χ0) is 13.0. The van der Waals surface area contributed by atoms with E-state index in [0.29, 0.717) is 17.9 Å². The number of aldehydes is 1. The molecule has 0 unspecified atom stereocenters. The zero-order valence-electron chi connectivity index (χ0n) is 9.40. The van der Waals surface area contributed by atoms with Crippen LogP contribution in [0.3, 0.4) is 0 Å². The lowest BCUT2D eigenvalue weighted by atomic mass is 10.2. The number of hydrogen-bond donors (Lipinski definition) is 0. The van der Waals surface area contributed by atoms with Crippen molar-refractivity contribution in [1.82, 2.24) is 0 Å². The smallest absolute Gasteiger partial charge is 0.153 e. The fraction of sp³-hybridized carbons (Fsp3) is 0.0714. The second-order valence-electron chi connectivity index (χ2n) is 3.70. The van der Waals surface area contributed by atoms with Crippen molar-refractivity contribution in [3.8, 4) is 5.75 Å². The molecule has 0 aromatic heterocycles. The average molecular weight is 417 g/mol. The van der Waals surface area contributed by atoms with Crippen LogP contribution in [0.5, 0.6) is 5.75 Å². The van der Waals surface area contributed by atoms with E-state index in [2.05, 4.69) is 38.5 Å². The number of carbonyl (C=O) groups is 1. The maximum absolute atomic E-state index is 11.0. The predicted octanol–water partition coefficient (Wildman–Crippen LogP) is 4.45. The number of halogens is 2. The molecule has 2 aromatic carbocycles. The third-order valence-electron chi connectivity index (χ3n) is 2.42. The van der Waals surface area contributed by atoms with E-state index in [1.165, 1.54) is 0 Å². The van der Waals surface area contributed by atoms with Crippen molar-refractivity contribution in [2.24, 2.45) is 0 Å². The van der Waals surface area contributed by atoms with Gasteiger partial charge in [0.25, 0.3) is 0 Å². The predicted molar refractivity (Wildman–Crippen MR) is 83.0 cm³/mol. The Labute approximate surface area is 128 Å². The normalized spacial score (nSPS) is 10.1. The summed E-state index contributed by atoms with van der Waals surface area (Å²) in [5.74, 6) is 0.612. The lowest BCUT2D eigenvalue weighted by Gasteiger charge is -2.10. The molecule has 92 valence electrons. The quantitative estimate of drug-likeness (QED) is 0.543. The minimum absolute atomic E-state index is 0.458. The second kappa shape index (κ2) is 6.33. The van der Waals surface area contributed by atoms with E-state index in [1.807, 2.05) is 36.4 Å². The van der Waals surface area contributed by atoms with Gasteiger partial charge in [0.15, 0.2) is 6.29 Å². The standard InChI is InChI=1S/C14H10BrIO2/c15-12-6-11(8-17)14(7-13(12)16)18-9-10-4-2-1-3-5-10/h1-8H,9H2. The summed E-state index contributed by atoms with van der Waals surface area (Å²) in [6.07, 6.45) is 0.807. The van der Waals surface area contributed by atoms with E-state index in [-0.39, 0.29) is 0 Å². The molecule has 2 nitrogen and oxygen atoms in total. The Kier molecular flexibility index (Phi) is 4.77. The minimum Gasteiger partial charge on any atom is -0.488 e. The molecule has 0 atom stereocenters. The molecule has 0 fully saturated rings. The molecule has 0 radical (unpaired) electrons. The van der Waals surface area contributed by atoms with E-state index >= 15 is 0 Å². The van der Waals surface area contributed by atoms with Crippen molar-refractivity contribution in [3.63, 3.8) is 0 Å².